The summed E-state index contributed by atoms with van der Waals surface area (Å²) in [5, 5.41) is 2.68. The lowest BCUT2D eigenvalue weighted by Crippen LogP contribution is -2.26. The molecule has 210 valence electrons. The quantitative estimate of drug-likeness (QED) is 0.332. The number of anilines is 1. The number of carbonyl (C=O) groups excluding carboxylic acids is 1. The molecule has 9 nitrogen and oxygen atoms in total. The molecule has 2 aliphatic carbocycles. The normalized spacial score (nSPS) is 22.8. The van der Waals surface area contributed by atoms with Crippen molar-refractivity contribution in [2.45, 2.75) is 90.0 Å². The van der Waals surface area contributed by atoms with Gasteiger partial charge in [-0.25, -0.2) is 9.37 Å². The van der Waals surface area contributed by atoms with Crippen LogP contribution in [0.3, 0.4) is 0 Å². The Morgan fingerprint density at radius 1 is 1.21 bits per heavy atom. The van der Waals surface area contributed by atoms with Crippen LogP contribution in [0.4, 0.5) is 10.1 Å². The maximum absolute atomic E-state index is 13.6. The van der Waals surface area contributed by atoms with Gasteiger partial charge in [-0.15, -0.1) is 0 Å². The average molecular weight is 540 g/mol. The Bertz CT molecular complexity index is 1360. The minimum absolute atomic E-state index is 0.0824. The third-order valence-corrected chi connectivity index (χ3v) is 7.55. The van der Waals surface area contributed by atoms with Crippen molar-refractivity contribution in [2.75, 3.05) is 18.5 Å². The molecule has 3 heterocycles. The van der Waals surface area contributed by atoms with E-state index in [9.17, 15) is 14.0 Å². The summed E-state index contributed by atoms with van der Waals surface area (Å²) in [6.45, 7) is 7.55. The van der Waals surface area contributed by atoms with Crippen LogP contribution >= 0.6 is 0 Å². The van der Waals surface area contributed by atoms with E-state index in [1.54, 1.807) is 22.9 Å². The van der Waals surface area contributed by atoms with Crippen LogP contribution in [0.25, 0.3) is 5.78 Å². The number of carbonyl (C=O) groups is 1. The number of ether oxygens (including phenoxy) is 2. The van der Waals surface area contributed by atoms with Gasteiger partial charge in [0.1, 0.15) is 17.4 Å². The van der Waals surface area contributed by atoms with Crippen molar-refractivity contribution in [2.24, 2.45) is 5.92 Å². The SMILES string of the molecule is CCCCOCC1CCC(c2cn3cc(C(=O)Nc4cccn([C@H]5C[C@H]5F)c4=O)c(OC(C)C)nc3n2)CC1. The first-order valence-corrected chi connectivity index (χ1v) is 14.1. The van der Waals surface area contributed by atoms with Crippen molar-refractivity contribution in [3.8, 4) is 5.88 Å². The smallest absolute Gasteiger partial charge is 0.274 e. The number of hydrogen-bond donors (Lipinski definition) is 1. The number of aromatic nitrogens is 4. The van der Waals surface area contributed by atoms with Gasteiger partial charge in [0.25, 0.3) is 11.5 Å². The second-order valence-corrected chi connectivity index (χ2v) is 11.1. The van der Waals surface area contributed by atoms with E-state index in [2.05, 4.69) is 17.2 Å². The molecule has 0 bridgehead atoms. The van der Waals surface area contributed by atoms with Crippen LogP contribution in [-0.2, 0) is 4.74 Å². The summed E-state index contributed by atoms with van der Waals surface area (Å²) < 4.78 is 28.4. The van der Waals surface area contributed by atoms with Crippen molar-refractivity contribution in [3.63, 3.8) is 0 Å². The molecule has 2 fully saturated rings. The van der Waals surface area contributed by atoms with Crippen LogP contribution in [0.15, 0.2) is 35.5 Å². The van der Waals surface area contributed by atoms with E-state index >= 15 is 0 Å². The number of unbranched alkanes of at least 4 members (excludes halogenated alkanes) is 1. The lowest BCUT2D eigenvalue weighted by Gasteiger charge is -2.27. The van der Waals surface area contributed by atoms with Crippen LogP contribution in [0.1, 0.15) is 93.7 Å². The van der Waals surface area contributed by atoms with Gasteiger partial charge in [0.15, 0.2) is 0 Å². The average Bonchev–Trinajstić information content (AvgIpc) is 3.49. The second-order valence-electron chi connectivity index (χ2n) is 11.1. The molecule has 1 N–H and O–H groups in total. The fraction of sp³-hybridized carbons (Fsp3) is 0.586. The molecule has 1 amide bonds. The molecule has 0 aromatic carbocycles. The Morgan fingerprint density at radius 3 is 2.67 bits per heavy atom. The third-order valence-electron chi connectivity index (χ3n) is 7.55. The molecule has 5 rings (SSSR count). The van der Waals surface area contributed by atoms with E-state index < -0.39 is 23.7 Å². The van der Waals surface area contributed by atoms with E-state index in [-0.39, 0.29) is 23.2 Å². The maximum Gasteiger partial charge on any atom is 0.274 e. The maximum atomic E-state index is 13.6. The van der Waals surface area contributed by atoms with Gasteiger partial charge in [0, 0.05) is 44.1 Å². The molecule has 39 heavy (non-hydrogen) atoms. The summed E-state index contributed by atoms with van der Waals surface area (Å²) >= 11 is 0. The van der Waals surface area contributed by atoms with Gasteiger partial charge in [-0.1, -0.05) is 13.3 Å². The first-order chi connectivity index (χ1) is 18.8. The van der Waals surface area contributed by atoms with Gasteiger partial charge in [-0.05, 0) is 64.0 Å². The van der Waals surface area contributed by atoms with E-state index in [0.717, 1.165) is 57.4 Å². The number of nitrogens with one attached hydrogen (secondary N) is 1. The number of hydrogen-bond acceptors (Lipinski definition) is 6. The Morgan fingerprint density at radius 2 is 1.97 bits per heavy atom. The number of fused-ring (bicyclic) bond motifs is 1. The molecule has 3 aromatic rings. The number of halogens is 1. The van der Waals surface area contributed by atoms with Gasteiger partial charge in [0.05, 0.1) is 17.8 Å². The molecule has 0 spiro atoms. The van der Waals surface area contributed by atoms with Crippen molar-refractivity contribution in [3.05, 3.63) is 52.3 Å². The summed E-state index contributed by atoms with van der Waals surface area (Å²) in [5.74, 6) is 1.01. The second kappa shape index (κ2) is 11.9. The zero-order valence-corrected chi connectivity index (χ0v) is 22.9. The number of amides is 1. The van der Waals surface area contributed by atoms with Crippen LogP contribution in [-0.4, -0.2) is 50.3 Å². The molecule has 0 aliphatic heterocycles. The van der Waals surface area contributed by atoms with E-state index in [4.69, 9.17) is 14.5 Å². The van der Waals surface area contributed by atoms with Crippen LogP contribution in [0.5, 0.6) is 5.88 Å². The molecular weight excluding hydrogens is 501 g/mol. The summed E-state index contributed by atoms with van der Waals surface area (Å²) in [4.78, 5) is 35.5. The summed E-state index contributed by atoms with van der Waals surface area (Å²) in [7, 11) is 0. The highest BCUT2D eigenvalue weighted by Gasteiger charge is 2.40. The highest BCUT2D eigenvalue weighted by atomic mass is 19.1. The minimum Gasteiger partial charge on any atom is -0.474 e. The number of imidazole rings is 1. The molecule has 0 radical (unpaired) electrons. The lowest BCUT2D eigenvalue weighted by molar-refractivity contribution is 0.0806. The Hall–Kier alpha value is -3.27. The minimum atomic E-state index is -1.03. The fourth-order valence-corrected chi connectivity index (χ4v) is 5.21. The summed E-state index contributed by atoms with van der Waals surface area (Å²) in [5.41, 5.74) is 0.793. The van der Waals surface area contributed by atoms with E-state index in [0.29, 0.717) is 24.0 Å². The molecule has 2 aliphatic rings. The first kappa shape index (κ1) is 27.3. The van der Waals surface area contributed by atoms with Crippen molar-refractivity contribution < 1.29 is 18.7 Å². The van der Waals surface area contributed by atoms with E-state index in [1.165, 1.54) is 10.6 Å². The van der Waals surface area contributed by atoms with Crippen molar-refractivity contribution in [1.29, 1.82) is 0 Å². The third kappa shape index (κ3) is 6.32. The predicted octanol–water partition coefficient (Wildman–Crippen LogP) is 5.30. The van der Waals surface area contributed by atoms with Gasteiger partial charge in [0.2, 0.25) is 11.7 Å². The lowest BCUT2D eigenvalue weighted by atomic mass is 9.81. The monoisotopic (exact) mass is 539 g/mol. The molecule has 3 aromatic heterocycles. The Labute approximate surface area is 227 Å². The number of rotatable bonds is 11. The van der Waals surface area contributed by atoms with Crippen LogP contribution in [0.2, 0.25) is 0 Å². The topological polar surface area (TPSA) is 99.8 Å². The molecule has 0 saturated heterocycles. The summed E-state index contributed by atoms with van der Waals surface area (Å²) in [6, 6.07) is 2.67. The molecule has 0 unspecified atom stereocenters. The van der Waals surface area contributed by atoms with Crippen LogP contribution < -0.4 is 15.6 Å². The Balaban J connectivity index is 1.33. The standard InChI is InChI=1S/C29H38FN5O4/c1-4-5-13-38-17-19-8-10-20(11-9-19)24-16-34-15-21(27(39-18(2)3)33-29(34)32-24)26(36)31-23-7-6-12-35(28(23)37)25-14-22(25)30/h6-7,12,15-16,18-20,22,25H,4-5,8-11,13-14,17H2,1-3H3,(H,31,36)/t19?,20?,22-,25+/m1/s1. The van der Waals surface area contributed by atoms with Crippen molar-refractivity contribution in [1.82, 2.24) is 18.9 Å². The molecule has 10 heteroatoms. The predicted molar refractivity (Wildman–Crippen MR) is 146 cm³/mol. The van der Waals surface area contributed by atoms with Crippen molar-refractivity contribution >= 4 is 17.4 Å². The molecule has 2 saturated carbocycles. The fourth-order valence-electron chi connectivity index (χ4n) is 5.21. The number of alkyl halides is 1. The van der Waals surface area contributed by atoms with E-state index in [1.807, 2.05) is 20.0 Å². The number of nitrogens with zero attached hydrogens (tertiary/aromatic N) is 4. The number of pyridine rings is 1. The first-order valence-electron chi connectivity index (χ1n) is 14.1. The highest BCUT2D eigenvalue weighted by molar-refractivity contribution is 6.05. The van der Waals surface area contributed by atoms with Gasteiger partial charge >= 0.3 is 0 Å². The van der Waals surface area contributed by atoms with Gasteiger partial charge in [-0.2, -0.15) is 4.98 Å². The van der Waals surface area contributed by atoms with Crippen LogP contribution in [0, 0.1) is 5.92 Å². The zero-order valence-electron chi connectivity index (χ0n) is 22.9. The highest BCUT2D eigenvalue weighted by Crippen LogP contribution is 2.38. The van der Waals surface area contributed by atoms with Gasteiger partial charge in [-0.3, -0.25) is 14.0 Å². The molecular formula is C29H38FN5O4. The molecule has 2 atom stereocenters. The Kier molecular flexibility index (Phi) is 8.30. The largest absolute Gasteiger partial charge is 0.474 e. The zero-order chi connectivity index (χ0) is 27.5. The van der Waals surface area contributed by atoms with Gasteiger partial charge < -0.3 is 19.4 Å². The summed E-state index contributed by atoms with van der Waals surface area (Å²) in [6.07, 6.45) is 10.7.